The highest BCUT2D eigenvalue weighted by atomic mass is 16.5. The van der Waals surface area contributed by atoms with Gasteiger partial charge < -0.3 is 20.5 Å². The molecule has 0 aliphatic heterocycles. The molecule has 0 saturated carbocycles. The summed E-state index contributed by atoms with van der Waals surface area (Å²) in [5.41, 5.74) is 4.61. The normalized spacial score (nSPS) is 13.6. The second-order valence-electron chi connectivity index (χ2n) is 4.86. The Bertz CT molecular complexity index is 420. The van der Waals surface area contributed by atoms with Crippen LogP contribution >= 0.6 is 0 Å². The zero-order valence-corrected chi connectivity index (χ0v) is 12.4. The third-order valence-electron chi connectivity index (χ3n) is 3.26. The molecule has 3 N–H and O–H groups in total. The van der Waals surface area contributed by atoms with Crippen LogP contribution in [-0.2, 0) is 4.79 Å². The maximum absolute atomic E-state index is 11.3. The van der Waals surface area contributed by atoms with Gasteiger partial charge in [-0.25, -0.2) is 0 Å². The minimum Gasteiger partial charge on any atom is -0.494 e. The molecule has 0 spiro atoms. The molecule has 0 fully saturated rings. The fraction of sp³-hybridized carbons (Fsp3) is 0.533. The summed E-state index contributed by atoms with van der Waals surface area (Å²) in [7, 11) is 1.71. The van der Waals surface area contributed by atoms with E-state index in [9.17, 15) is 4.79 Å². The average molecular weight is 280 g/mol. The third-order valence-corrected chi connectivity index (χ3v) is 3.26. The summed E-state index contributed by atoms with van der Waals surface area (Å²) in [6.45, 7) is 4.95. The second kappa shape index (κ2) is 7.75. The van der Waals surface area contributed by atoms with Gasteiger partial charge in [0.05, 0.1) is 18.8 Å². The Morgan fingerprint density at radius 2 is 1.70 bits per heavy atom. The Labute approximate surface area is 120 Å². The smallest absolute Gasteiger partial charge is 0.237 e. The van der Waals surface area contributed by atoms with Crippen molar-refractivity contribution < 1.29 is 14.3 Å². The van der Waals surface area contributed by atoms with Crippen LogP contribution in [0.2, 0.25) is 0 Å². The van der Waals surface area contributed by atoms with Crippen LogP contribution in [-0.4, -0.2) is 31.7 Å². The van der Waals surface area contributed by atoms with E-state index < -0.39 is 5.54 Å². The molecule has 0 bridgehead atoms. The van der Waals surface area contributed by atoms with Crippen molar-refractivity contribution in [3.05, 3.63) is 24.3 Å². The van der Waals surface area contributed by atoms with Crippen molar-refractivity contribution in [2.24, 2.45) is 5.73 Å². The molecule has 0 aromatic heterocycles. The zero-order valence-electron chi connectivity index (χ0n) is 12.4. The molecule has 5 nitrogen and oxygen atoms in total. The van der Waals surface area contributed by atoms with Gasteiger partial charge >= 0.3 is 0 Å². The van der Waals surface area contributed by atoms with Gasteiger partial charge in [0.1, 0.15) is 11.5 Å². The SMILES string of the molecule is CCCOc1ccc(OCCC(C)(NC)C(N)=O)cc1. The van der Waals surface area contributed by atoms with Gasteiger partial charge in [0.2, 0.25) is 5.91 Å². The number of carbonyl (C=O) groups is 1. The molecule has 20 heavy (non-hydrogen) atoms. The van der Waals surface area contributed by atoms with Gasteiger partial charge in [0.15, 0.2) is 0 Å². The molecule has 1 aromatic rings. The first-order chi connectivity index (χ1) is 9.51. The summed E-state index contributed by atoms with van der Waals surface area (Å²) in [5.74, 6) is 1.19. The van der Waals surface area contributed by atoms with E-state index in [1.54, 1.807) is 14.0 Å². The summed E-state index contributed by atoms with van der Waals surface area (Å²) < 4.78 is 11.1. The number of hydrogen-bond donors (Lipinski definition) is 2. The Balaban J connectivity index is 2.44. The lowest BCUT2D eigenvalue weighted by Crippen LogP contribution is -2.52. The minimum absolute atomic E-state index is 0.382. The number of nitrogens with one attached hydrogen (secondary N) is 1. The van der Waals surface area contributed by atoms with Crippen LogP contribution in [0.4, 0.5) is 0 Å². The summed E-state index contributed by atoms with van der Waals surface area (Å²) in [4.78, 5) is 11.3. The van der Waals surface area contributed by atoms with Crippen molar-refractivity contribution in [3.8, 4) is 11.5 Å². The Kier molecular flexibility index (Phi) is 6.31. The number of amides is 1. The van der Waals surface area contributed by atoms with Crippen molar-refractivity contribution in [2.75, 3.05) is 20.3 Å². The van der Waals surface area contributed by atoms with E-state index in [1.807, 2.05) is 24.3 Å². The van der Waals surface area contributed by atoms with Crippen LogP contribution in [0.5, 0.6) is 11.5 Å². The lowest BCUT2D eigenvalue weighted by Gasteiger charge is -2.25. The monoisotopic (exact) mass is 280 g/mol. The minimum atomic E-state index is -0.746. The van der Waals surface area contributed by atoms with E-state index in [0.717, 1.165) is 17.9 Å². The van der Waals surface area contributed by atoms with Gasteiger partial charge in [-0.1, -0.05) is 6.92 Å². The van der Waals surface area contributed by atoms with Gasteiger partial charge in [0.25, 0.3) is 0 Å². The molecule has 112 valence electrons. The molecule has 1 aromatic carbocycles. The van der Waals surface area contributed by atoms with E-state index in [1.165, 1.54) is 0 Å². The van der Waals surface area contributed by atoms with Gasteiger partial charge in [0, 0.05) is 6.42 Å². The van der Waals surface area contributed by atoms with Crippen molar-refractivity contribution >= 4 is 5.91 Å². The molecular formula is C15H24N2O3. The number of ether oxygens (including phenoxy) is 2. The molecule has 0 radical (unpaired) electrons. The van der Waals surface area contributed by atoms with E-state index >= 15 is 0 Å². The van der Waals surface area contributed by atoms with Crippen LogP contribution < -0.4 is 20.5 Å². The number of benzene rings is 1. The molecular weight excluding hydrogens is 256 g/mol. The predicted molar refractivity (Wildman–Crippen MR) is 79.0 cm³/mol. The Morgan fingerprint density at radius 3 is 2.10 bits per heavy atom. The maximum Gasteiger partial charge on any atom is 0.237 e. The van der Waals surface area contributed by atoms with Crippen molar-refractivity contribution in [1.29, 1.82) is 0 Å². The maximum atomic E-state index is 11.3. The lowest BCUT2D eigenvalue weighted by atomic mass is 9.98. The van der Waals surface area contributed by atoms with Gasteiger partial charge in [-0.05, 0) is 44.7 Å². The average Bonchev–Trinajstić information content (AvgIpc) is 2.46. The largest absolute Gasteiger partial charge is 0.494 e. The molecule has 0 aliphatic carbocycles. The van der Waals surface area contributed by atoms with Crippen LogP contribution in [0.15, 0.2) is 24.3 Å². The number of primary amides is 1. The van der Waals surface area contributed by atoms with Gasteiger partial charge in [-0.3, -0.25) is 4.79 Å². The highest BCUT2D eigenvalue weighted by molar-refractivity contribution is 5.84. The summed E-state index contributed by atoms with van der Waals surface area (Å²) in [5, 5.41) is 2.92. The van der Waals surface area contributed by atoms with E-state index in [2.05, 4.69) is 12.2 Å². The number of hydrogen-bond acceptors (Lipinski definition) is 4. The molecule has 1 amide bonds. The lowest BCUT2D eigenvalue weighted by molar-refractivity contribution is -0.124. The molecule has 1 rings (SSSR count). The number of nitrogens with two attached hydrogens (primary N) is 1. The standard InChI is InChI=1S/C15H24N2O3/c1-4-10-19-12-5-7-13(8-6-12)20-11-9-15(2,17-3)14(16)18/h5-8,17H,4,9-11H2,1-3H3,(H2,16,18). The zero-order chi connectivity index (χ0) is 15.0. The molecule has 1 unspecified atom stereocenters. The van der Waals surface area contributed by atoms with Crippen molar-refractivity contribution in [3.63, 3.8) is 0 Å². The van der Waals surface area contributed by atoms with E-state index in [0.29, 0.717) is 19.6 Å². The molecule has 0 saturated heterocycles. The van der Waals surface area contributed by atoms with Gasteiger partial charge in [-0.2, -0.15) is 0 Å². The summed E-state index contributed by atoms with van der Waals surface area (Å²) >= 11 is 0. The quantitative estimate of drug-likeness (QED) is 0.722. The summed E-state index contributed by atoms with van der Waals surface area (Å²) in [6.07, 6.45) is 1.49. The second-order valence-corrected chi connectivity index (χ2v) is 4.86. The fourth-order valence-electron chi connectivity index (χ4n) is 1.60. The Hall–Kier alpha value is -1.75. The number of carbonyl (C=O) groups excluding carboxylic acids is 1. The first-order valence-corrected chi connectivity index (χ1v) is 6.86. The first kappa shape index (κ1) is 16.3. The first-order valence-electron chi connectivity index (χ1n) is 6.86. The topological polar surface area (TPSA) is 73.6 Å². The summed E-state index contributed by atoms with van der Waals surface area (Å²) in [6, 6.07) is 7.45. The third kappa shape index (κ3) is 4.74. The molecule has 5 heteroatoms. The number of likely N-dealkylation sites (N-methyl/N-ethyl adjacent to an activating group) is 1. The molecule has 1 atom stereocenters. The highest BCUT2D eigenvalue weighted by Crippen LogP contribution is 2.18. The molecule has 0 aliphatic rings. The van der Waals surface area contributed by atoms with E-state index in [4.69, 9.17) is 15.2 Å². The van der Waals surface area contributed by atoms with Crippen LogP contribution in [0.3, 0.4) is 0 Å². The van der Waals surface area contributed by atoms with Crippen LogP contribution in [0.25, 0.3) is 0 Å². The van der Waals surface area contributed by atoms with E-state index in [-0.39, 0.29) is 5.91 Å². The predicted octanol–water partition coefficient (Wildman–Crippen LogP) is 1.71. The molecule has 0 heterocycles. The van der Waals surface area contributed by atoms with Gasteiger partial charge in [-0.15, -0.1) is 0 Å². The number of rotatable bonds is 9. The van der Waals surface area contributed by atoms with Crippen LogP contribution in [0.1, 0.15) is 26.7 Å². The van der Waals surface area contributed by atoms with Crippen molar-refractivity contribution in [1.82, 2.24) is 5.32 Å². The highest BCUT2D eigenvalue weighted by Gasteiger charge is 2.28. The fourth-order valence-corrected chi connectivity index (χ4v) is 1.60. The van der Waals surface area contributed by atoms with Crippen molar-refractivity contribution in [2.45, 2.75) is 32.2 Å². The van der Waals surface area contributed by atoms with Crippen LogP contribution in [0, 0.1) is 0 Å². The Morgan fingerprint density at radius 1 is 1.20 bits per heavy atom.